The Hall–Kier alpha value is -2.11. The van der Waals surface area contributed by atoms with E-state index >= 15 is 0 Å². The van der Waals surface area contributed by atoms with Crippen LogP contribution in [0.1, 0.15) is 24.8 Å². The van der Waals surface area contributed by atoms with Gasteiger partial charge in [0.2, 0.25) is 5.91 Å². The molecule has 1 aromatic rings. The number of anilines is 1. The summed E-state index contributed by atoms with van der Waals surface area (Å²) in [5, 5.41) is 14.6. The summed E-state index contributed by atoms with van der Waals surface area (Å²) in [6.45, 7) is 1.88. The van der Waals surface area contributed by atoms with E-state index in [1.807, 2.05) is 13.0 Å². The molecule has 0 aliphatic heterocycles. The normalized spacial score (nSPS) is 17.9. The highest BCUT2D eigenvalue weighted by atomic mass is 16.4. The molecule has 1 amide bonds. The summed E-state index contributed by atoms with van der Waals surface area (Å²) in [7, 11) is 0. The number of carbonyl (C=O) groups is 1. The fourth-order valence-electron chi connectivity index (χ4n) is 2.06. The van der Waals surface area contributed by atoms with Crippen molar-refractivity contribution in [2.75, 3.05) is 5.32 Å². The first kappa shape index (κ1) is 12.3. The lowest BCUT2D eigenvalue weighted by Gasteiger charge is -2.38. The van der Waals surface area contributed by atoms with Crippen LogP contribution in [0.2, 0.25) is 0 Å². The smallest absolute Gasteiger partial charge is 0.238 e. The first-order chi connectivity index (χ1) is 8.60. The average Bonchev–Trinajstić information content (AvgIpc) is 2.30. The van der Waals surface area contributed by atoms with Gasteiger partial charge in [-0.1, -0.05) is 11.6 Å². The molecular weight excluding hydrogens is 232 g/mol. The third kappa shape index (κ3) is 1.90. The summed E-state index contributed by atoms with van der Waals surface area (Å²) in [5.41, 5.74) is 6.34. The number of carbonyl (C=O) groups excluding carboxylic acids is 1. The fraction of sp³-hybridized carbons (Fsp3) is 0.417. The van der Waals surface area contributed by atoms with Crippen molar-refractivity contribution in [3.05, 3.63) is 24.0 Å². The number of oxime groups is 1. The number of rotatable bonds is 3. The van der Waals surface area contributed by atoms with Crippen molar-refractivity contribution in [1.82, 2.24) is 4.98 Å². The Morgan fingerprint density at radius 1 is 1.61 bits per heavy atom. The van der Waals surface area contributed by atoms with Crippen molar-refractivity contribution in [2.45, 2.75) is 26.2 Å². The van der Waals surface area contributed by atoms with E-state index < -0.39 is 5.41 Å². The molecular formula is C12H16N4O2. The summed E-state index contributed by atoms with van der Waals surface area (Å²) in [6.07, 6.45) is 5.36. The molecule has 6 nitrogen and oxygen atoms in total. The number of nitrogens with two attached hydrogens (primary N) is 1. The summed E-state index contributed by atoms with van der Waals surface area (Å²) in [5.74, 6) is -0.257. The lowest BCUT2D eigenvalue weighted by atomic mass is 9.67. The van der Waals surface area contributed by atoms with Crippen LogP contribution in [-0.4, -0.2) is 21.9 Å². The Labute approximate surface area is 105 Å². The molecule has 2 rings (SSSR count). The summed E-state index contributed by atoms with van der Waals surface area (Å²) in [6, 6.07) is 1.81. The molecule has 1 aliphatic rings. The van der Waals surface area contributed by atoms with Gasteiger partial charge in [-0.25, -0.2) is 0 Å². The zero-order chi connectivity index (χ0) is 13.2. The maximum Gasteiger partial charge on any atom is 0.238 e. The van der Waals surface area contributed by atoms with Crippen LogP contribution in [0.3, 0.4) is 0 Å². The highest BCUT2D eigenvalue weighted by Crippen LogP contribution is 2.42. The molecule has 0 saturated heterocycles. The van der Waals surface area contributed by atoms with Gasteiger partial charge in [0, 0.05) is 6.20 Å². The fourth-order valence-corrected chi connectivity index (χ4v) is 2.06. The predicted molar refractivity (Wildman–Crippen MR) is 67.3 cm³/mol. The summed E-state index contributed by atoms with van der Waals surface area (Å²) in [4.78, 5) is 16.2. The van der Waals surface area contributed by atoms with Crippen LogP contribution in [0.25, 0.3) is 0 Å². The molecule has 0 unspecified atom stereocenters. The van der Waals surface area contributed by atoms with Crippen molar-refractivity contribution in [3.63, 3.8) is 0 Å². The molecule has 18 heavy (non-hydrogen) atoms. The molecule has 1 heterocycles. The van der Waals surface area contributed by atoms with Crippen LogP contribution in [-0.2, 0) is 4.79 Å². The second-order valence-corrected chi connectivity index (χ2v) is 4.57. The van der Waals surface area contributed by atoms with E-state index in [1.54, 1.807) is 12.4 Å². The summed E-state index contributed by atoms with van der Waals surface area (Å²) >= 11 is 0. The lowest BCUT2D eigenvalue weighted by molar-refractivity contribution is -0.125. The van der Waals surface area contributed by atoms with E-state index in [0.717, 1.165) is 12.0 Å². The van der Waals surface area contributed by atoms with Crippen LogP contribution in [0, 0.1) is 12.3 Å². The molecule has 0 bridgehead atoms. The average molecular weight is 248 g/mol. The minimum atomic E-state index is -0.864. The molecule has 1 aliphatic carbocycles. The van der Waals surface area contributed by atoms with Gasteiger partial charge in [0.1, 0.15) is 5.41 Å². The van der Waals surface area contributed by atoms with E-state index in [9.17, 15) is 4.79 Å². The maximum atomic E-state index is 12.3. The lowest BCUT2D eigenvalue weighted by Crippen LogP contribution is -2.51. The molecule has 0 atom stereocenters. The molecule has 0 spiro atoms. The van der Waals surface area contributed by atoms with E-state index in [-0.39, 0.29) is 11.7 Å². The zero-order valence-electron chi connectivity index (χ0n) is 10.2. The third-order valence-electron chi connectivity index (χ3n) is 3.53. The molecule has 96 valence electrons. The Morgan fingerprint density at radius 3 is 2.83 bits per heavy atom. The van der Waals surface area contributed by atoms with Crippen molar-refractivity contribution >= 4 is 17.4 Å². The monoisotopic (exact) mass is 248 g/mol. The Kier molecular flexibility index (Phi) is 3.18. The van der Waals surface area contributed by atoms with Crippen LogP contribution < -0.4 is 11.1 Å². The summed E-state index contributed by atoms with van der Waals surface area (Å²) < 4.78 is 0. The van der Waals surface area contributed by atoms with Crippen molar-refractivity contribution in [1.29, 1.82) is 0 Å². The second kappa shape index (κ2) is 4.64. The van der Waals surface area contributed by atoms with E-state index in [2.05, 4.69) is 15.5 Å². The molecule has 0 aromatic carbocycles. The van der Waals surface area contributed by atoms with Gasteiger partial charge in [0.05, 0.1) is 11.9 Å². The number of hydrogen-bond acceptors (Lipinski definition) is 4. The van der Waals surface area contributed by atoms with E-state index in [4.69, 9.17) is 10.9 Å². The topological polar surface area (TPSA) is 101 Å². The molecule has 6 heteroatoms. The number of aromatic nitrogens is 1. The minimum absolute atomic E-state index is 0.0206. The Morgan fingerprint density at radius 2 is 2.33 bits per heavy atom. The van der Waals surface area contributed by atoms with Crippen molar-refractivity contribution in [2.24, 2.45) is 16.3 Å². The number of hydrogen-bond donors (Lipinski definition) is 3. The number of pyridine rings is 1. The number of aryl methyl sites for hydroxylation is 1. The predicted octanol–water partition coefficient (Wildman–Crippen LogP) is 1.25. The Bertz CT molecular complexity index is 495. The largest absolute Gasteiger partial charge is 0.409 e. The van der Waals surface area contributed by atoms with Gasteiger partial charge in [0.15, 0.2) is 5.84 Å². The molecule has 4 N–H and O–H groups in total. The van der Waals surface area contributed by atoms with Crippen LogP contribution in [0.15, 0.2) is 23.6 Å². The van der Waals surface area contributed by atoms with Crippen molar-refractivity contribution in [3.8, 4) is 0 Å². The van der Waals surface area contributed by atoms with Gasteiger partial charge in [-0.3, -0.25) is 9.78 Å². The van der Waals surface area contributed by atoms with Crippen LogP contribution >= 0.6 is 0 Å². The Balaban J connectivity index is 2.20. The molecule has 0 radical (unpaired) electrons. The number of amides is 1. The first-order valence-electron chi connectivity index (χ1n) is 5.80. The quantitative estimate of drug-likeness (QED) is 0.324. The first-order valence-corrected chi connectivity index (χ1v) is 5.80. The maximum absolute atomic E-state index is 12.3. The third-order valence-corrected chi connectivity index (χ3v) is 3.53. The molecule has 1 aromatic heterocycles. The SMILES string of the molecule is Cc1ccncc1NC(=O)C1(/C(N)=N/O)CCC1. The highest BCUT2D eigenvalue weighted by molar-refractivity contribution is 6.12. The van der Waals surface area contributed by atoms with Crippen LogP contribution in [0.4, 0.5) is 5.69 Å². The van der Waals surface area contributed by atoms with Crippen molar-refractivity contribution < 1.29 is 10.0 Å². The standard InChI is InChI=1S/C12H16N4O2/c1-8-3-6-14-7-9(8)15-11(17)12(4-2-5-12)10(13)16-18/h3,6-7,18H,2,4-5H2,1H3,(H2,13,16)(H,15,17). The van der Waals surface area contributed by atoms with Gasteiger partial charge in [-0.05, 0) is 31.4 Å². The van der Waals surface area contributed by atoms with Gasteiger partial charge >= 0.3 is 0 Å². The van der Waals surface area contributed by atoms with E-state index in [1.165, 1.54) is 0 Å². The minimum Gasteiger partial charge on any atom is -0.409 e. The van der Waals surface area contributed by atoms with Gasteiger partial charge < -0.3 is 16.3 Å². The molecule has 1 fully saturated rings. The molecule has 1 saturated carbocycles. The number of nitrogens with zero attached hydrogens (tertiary/aromatic N) is 2. The number of nitrogens with one attached hydrogen (secondary N) is 1. The second-order valence-electron chi connectivity index (χ2n) is 4.57. The zero-order valence-corrected chi connectivity index (χ0v) is 10.2. The van der Waals surface area contributed by atoms with Gasteiger partial charge in [-0.15, -0.1) is 0 Å². The van der Waals surface area contributed by atoms with Gasteiger partial charge in [0.25, 0.3) is 0 Å². The van der Waals surface area contributed by atoms with Gasteiger partial charge in [-0.2, -0.15) is 0 Å². The van der Waals surface area contributed by atoms with Crippen LogP contribution in [0.5, 0.6) is 0 Å². The van der Waals surface area contributed by atoms with E-state index in [0.29, 0.717) is 18.5 Å². The number of amidine groups is 1. The highest BCUT2D eigenvalue weighted by Gasteiger charge is 2.48.